The number of rotatable bonds is 8. The lowest BCUT2D eigenvalue weighted by molar-refractivity contribution is 0.0246. The number of furan rings is 1. The molecule has 27 heavy (non-hydrogen) atoms. The van der Waals surface area contributed by atoms with Gasteiger partial charge in [-0.25, -0.2) is 4.79 Å². The Balaban J connectivity index is 1.74. The number of thioether (sulfide) groups is 1. The number of fused-ring (bicyclic) bond motifs is 1. The number of methoxy groups -OCH3 is 1. The quantitative estimate of drug-likeness (QED) is 0.635. The molecular formula is C20H27NO5S. The first kappa shape index (κ1) is 20.0. The maximum absolute atomic E-state index is 12.5. The molecule has 1 saturated heterocycles. The van der Waals surface area contributed by atoms with Crippen molar-refractivity contribution in [3.63, 3.8) is 0 Å². The summed E-state index contributed by atoms with van der Waals surface area (Å²) in [5, 5.41) is 0.740. The van der Waals surface area contributed by atoms with Gasteiger partial charge in [0.25, 0.3) is 0 Å². The number of ether oxygens (including phenoxy) is 3. The summed E-state index contributed by atoms with van der Waals surface area (Å²) in [4.78, 5) is 15.0. The summed E-state index contributed by atoms with van der Waals surface area (Å²) < 4.78 is 22.0. The molecule has 2 heterocycles. The Labute approximate surface area is 164 Å². The van der Waals surface area contributed by atoms with Gasteiger partial charge in [0.15, 0.2) is 0 Å². The second-order valence-electron chi connectivity index (χ2n) is 6.50. The van der Waals surface area contributed by atoms with Crippen LogP contribution in [0.5, 0.6) is 5.75 Å². The Hall–Kier alpha value is -1.70. The van der Waals surface area contributed by atoms with Crippen molar-refractivity contribution in [2.24, 2.45) is 0 Å². The van der Waals surface area contributed by atoms with Crippen LogP contribution in [0.3, 0.4) is 0 Å². The van der Waals surface area contributed by atoms with Crippen LogP contribution < -0.4 is 4.74 Å². The van der Waals surface area contributed by atoms with Crippen molar-refractivity contribution in [3.8, 4) is 5.75 Å². The van der Waals surface area contributed by atoms with Gasteiger partial charge in [0.2, 0.25) is 0 Å². The Morgan fingerprint density at radius 1 is 1.33 bits per heavy atom. The first-order valence-electron chi connectivity index (χ1n) is 9.30. The van der Waals surface area contributed by atoms with Crippen molar-refractivity contribution in [1.29, 1.82) is 0 Å². The number of nitrogens with zero attached hydrogens (tertiary/aromatic N) is 1. The first-order valence-corrected chi connectivity index (χ1v) is 10.5. The topological polar surface area (TPSA) is 61.1 Å². The maximum atomic E-state index is 12.5. The van der Waals surface area contributed by atoms with E-state index < -0.39 is 0 Å². The molecule has 1 unspecified atom stereocenters. The second kappa shape index (κ2) is 9.48. The molecule has 0 N–H and O–H groups in total. The first-order chi connectivity index (χ1) is 13.1. The molecule has 0 radical (unpaired) electrons. The Morgan fingerprint density at radius 2 is 2.11 bits per heavy atom. The van der Waals surface area contributed by atoms with Gasteiger partial charge in [-0.15, -0.1) is 0 Å². The molecule has 1 aliphatic rings. The van der Waals surface area contributed by atoms with Gasteiger partial charge in [0, 0.05) is 30.3 Å². The standard InChI is InChI=1S/C20H27NO5S/c1-4-25-20(22)19-16-11-15(23-3)5-6-17(16)26-18(19)13-27-12-14(2)21-7-9-24-10-8-21/h5-6,11,14H,4,7-10,12-13H2,1-3H3. The van der Waals surface area contributed by atoms with Gasteiger partial charge >= 0.3 is 5.97 Å². The fraction of sp³-hybridized carbons (Fsp3) is 0.550. The summed E-state index contributed by atoms with van der Waals surface area (Å²) in [6.07, 6.45) is 0. The zero-order valence-electron chi connectivity index (χ0n) is 16.2. The average Bonchev–Trinajstić information content (AvgIpc) is 3.06. The number of esters is 1. The minimum atomic E-state index is -0.346. The van der Waals surface area contributed by atoms with Crippen LogP contribution in [0.2, 0.25) is 0 Å². The summed E-state index contributed by atoms with van der Waals surface area (Å²) in [6, 6.07) is 5.95. The van der Waals surface area contributed by atoms with Crippen molar-refractivity contribution in [1.82, 2.24) is 4.90 Å². The molecule has 1 atom stereocenters. The molecule has 3 rings (SSSR count). The van der Waals surface area contributed by atoms with Gasteiger partial charge in [-0.05, 0) is 32.0 Å². The summed E-state index contributed by atoms with van der Waals surface area (Å²) in [5.41, 5.74) is 1.19. The van der Waals surface area contributed by atoms with E-state index in [2.05, 4.69) is 11.8 Å². The van der Waals surface area contributed by atoms with E-state index in [0.29, 0.717) is 41.1 Å². The molecule has 0 amide bonds. The monoisotopic (exact) mass is 393 g/mol. The predicted octanol–water partition coefficient (Wildman–Crippen LogP) is 3.57. The van der Waals surface area contributed by atoms with E-state index in [9.17, 15) is 4.79 Å². The number of hydrogen-bond donors (Lipinski definition) is 0. The van der Waals surface area contributed by atoms with Crippen LogP contribution in [-0.2, 0) is 15.2 Å². The molecule has 0 aliphatic carbocycles. The average molecular weight is 394 g/mol. The second-order valence-corrected chi connectivity index (χ2v) is 7.53. The van der Waals surface area contributed by atoms with Crippen LogP contribution in [0.25, 0.3) is 11.0 Å². The highest BCUT2D eigenvalue weighted by molar-refractivity contribution is 7.98. The molecule has 2 aromatic rings. The van der Waals surface area contributed by atoms with Gasteiger partial charge in [0.1, 0.15) is 22.7 Å². The normalized spacial score (nSPS) is 16.4. The third-order valence-electron chi connectivity index (χ3n) is 4.71. The van der Waals surface area contributed by atoms with Gasteiger partial charge in [-0.2, -0.15) is 11.8 Å². The lowest BCUT2D eigenvalue weighted by Crippen LogP contribution is -2.43. The summed E-state index contributed by atoms with van der Waals surface area (Å²) in [5.74, 6) is 2.59. The van der Waals surface area contributed by atoms with Crippen LogP contribution in [0.4, 0.5) is 0 Å². The molecule has 1 fully saturated rings. The number of hydrogen-bond acceptors (Lipinski definition) is 7. The highest BCUT2D eigenvalue weighted by Gasteiger charge is 2.23. The van der Waals surface area contributed by atoms with Crippen molar-refractivity contribution in [2.75, 3.05) is 45.8 Å². The molecule has 6 nitrogen and oxygen atoms in total. The Kier molecular flexibility index (Phi) is 7.04. The third-order valence-corrected chi connectivity index (χ3v) is 5.89. The van der Waals surface area contributed by atoms with Crippen LogP contribution in [0.1, 0.15) is 30.0 Å². The highest BCUT2D eigenvalue weighted by atomic mass is 32.2. The molecule has 1 aromatic heterocycles. The van der Waals surface area contributed by atoms with Crippen molar-refractivity contribution >= 4 is 28.7 Å². The summed E-state index contributed by atoms with van der Waals surface area (Å²) in [6.45, 7) is 7.91. The van der Waals surface area contributed by atoms with Crippen LogP contribution in [-0.4, -0.2) is 62.7 Å². The lowest BCUT2D eigenvalue weighted by Gasteiger charge is -2.32. The minimum absolute atomic E-state index is 0.329. The van der Waals surface area contributed by atoms with E-state index >= 15 is 0 Å². The molecule has 0 bridgehead atoms. The van der Waals surface area contributed by atoms with E-state index in [1.54, 1.807) is 25.8 Å². The Morgan fingerprint density at radius 3 is 2.81 bits per heavy atom. The molecular weight excluding hydrogens is 366 g/mol. The zero-order chi connectivity index (χ0) is 19.2. The van der Waals surface area contributed by atoms with E-state index in [1.807, 2.05) is 18.2 Å². The third kappa shape index (κ3) is 4.78. The predicted molar refractivity (Wildman–Crippen MR) is 107 cm³/mol. The van der Waals surface area contributed by atoms with Crippen molar-refractivity contribution < 1.29 is 23.4 Å². The zero-order valence-corrected chi connectivity index (χ0v) is 17.0. The van der Waals surface area contributed by atoms with Gasteiger partial charge in [0.05, 0.1) is 32.7 Å². The van der Waals surface area contributed by atoms with Crippen molar-refractivity contribution in [3.05, 3.63) is 29.5 Å². The van der Waals surface area contributed by atoms with Crippen LogP contribution in [0.15, 0.2) is 22.6 Å². The maximum Gasteiger partial charge on any atom is 0.342 e. The van der Waals surface area contributed by atoms with E-state index in [1.165, 1.54) is 0 Å². The number of benzene rings is 1. The summed E-state index contributed by atoms with van der Waals surface area (Å²) in [7, 11) is 1.61. The Bertz CT molecular complexity index is 769. The van der Waals surface area contributed by atoms with E-state index in [0.717, 1.165) is 37.4 Å². The largest absolute Gasteiger partial charge is 0.497 e. The van der Waals surface area contributed by atoms with Crippen molar-refractivity contribution in [2.45, 2.75) is 25.6 Å². The minimum Gasteiger partial charge on any atom is -0.497 e. The SMILES string of the molecule is CCOC(=O)c1c(CSCC(C)N2CCOCC2)oc2ccc(OC)cc12. The van der Waals surface area contributed by atoms with E-state index in [4.69, 9.17) is 18.6 Å². The highest BCUT2D eigenvalue weighted by Crippen LogP contribution is 2.32. The fourth-order valence-corrected chi connectivity index (χ4v) is 4.29. The molecule has 148 valence electrons. The molecule has 0 saturated carbocycles. The van der Waals surface area contributed by atoms with Gasteiger partial charge < -0.3 is 18.6 Å². The number of morpholine rings is 1. The molecule has 1 aromatic carbocycles. The smallest absolute Gasteiger partial charge is 0.342 e. The molecule has 7 heteroatoms. The number of carbonyl (C=O) groups is 1. The fourth-order valence-electron chi connectivity index (χ4n) is 3.23. The van der Waals surface area contributed by atoms with Gasteiger partial charge in [-0.1, -0.05) is 0 Å². The van der Waals surface area contributed by atoms with E-state index in [-0.39, 0.29) is 5.97 Å². The lowest BCUT2D eigenvalue weighted by atomic mass is 10.1. The number of carbonyl (C=O) groups excluding carboxylic acids is 1. The molecule has 1 aliphatic heterocycles. The van der Waals surface area contributed by atoms with Gasteiger partial charge in [-0.3, -0.25) is 4.90 Å². The van der Waals surface area contributed by atoms with Crippen LogP contribution in [0, 0.1) is 0 Å². The van der Waals surface area contributed by atoms with Crippen LogP contribution >= 0.6 is 11.8 Å². The molecule has 0 spiro atoms. The summed E-state index contributed by atoms with van der Waals surface area (Å²) >= 11 is 1.77.